The molecule has 0 radical (unpaired) electrons. The molecule has 0 spiro atoms. The second kappa shape index (κ2) is 9.14. The average molecular weight is 390 g/mol. The van der Waals surface area contributed by atoms with Crippen LogP contribution in [-0.2, 0) is 5.41 Å². The highest BCUT2D eigenvalue weighted by Gasteiger charge is 2.14. The molecule has 3 N–H and O–H groups in total. The van der Waals surface area contributed by atoms with Crippen LogP contribution in [0.5, 0.6) is 0 Å². The molecule has 0 aliphatic heterocycles. The predicted molar refractivity (Wildman–Crippen MR) is 116 cm³/mol. The number of nitrogens with one attached hydrogen (secondary N) is 3. The molecule has 2 heterocycles. The second-order valence-corrected chi connectivity index (χ2v) is 7.67. The normalized spacial score (nSPS) is 11.0. The number of hydrogen-bond donors (Lipinski definition) is 3. The zero-order valence-corrected chi connectivity index (χ0v) is 16.9. The summed E-state index contributed by atoms with van der Waals surface area (Å²) >= 11 is 0. The summed E-state index contributed by atoms with van der Waals surface area (Å²) in [6.45, 7) is 7.49. The number of hydrogen-bond acceptors (Lipinski definition) is 6. The Morgan fingerprint density at radius 3 is 2.14 bits per heavy atom. The van der Waals surface area contributed by atoms with Gasteiger partial charge in [-0.05, 0) is 47.4 Å². The highest BCUT2D eigenvalue weighted by atomic mass is 16.1. The van der Waals surface area contributed by atoms with Crippen molar-refractivity contribution in [3.63, 3.8) is 0 Å². The molecule has 0 atom stereocenters. The highest BCUT2D eigenvalue weighted by molar-refractivity contribution is 5.94. The van der Waals surface area contributed by atoms with Crippen molar-refractivity contribution < 1.29 is 4.79 Å². The molecular weight excluding hydrogens is 364 g/mol. The molecule has 7 nitrogen and oxygen atoms in total. The van der Waals surface area contributed by atoms with Crippen molar-refractivity contribution in [3.8, 4) is 0 Å². The largest absolute Gasteiger partial charge is 0.367 e. The van der Waals surface area contributed by atoms with E-state index < -0.39 is 0 Å². The number of benzene rings is 1. The van der Waals surface area contributed by atoms with Gasteiger partial charge < -0.3 is 16.0 Å². The molecular formula is C22H26N6O. The summed E-state index contributed by atoms with van der Waals surface area (Å²) in [5.41, 5.74) is 2.83. The van der Waals surface area contributed by atoms with Gasteiger partial charge in [-0.15, -0.1) is 10.2 Å². The first-order chi connectivity index (χ1) is 13.9. The van der Waals surface area contributed by atoms with Crippen LogP contribution in [-0.4, -0.2) is 34.2 Å². The minimum absolute atomic E-state index is 0.0728. The molecule has 0 fully saturated rings. The van der Waals surface area contributed by atoms with Crippen LogP contribution in [0.2, 0.25) is 0 Å². The molecule has 1 amide bonds. The average Bonchev–Trinajstić information content (AvgIpc) is 2.72. The van der Waals surface area contributed by atoms with E-state index in [0.29, 0.717) is 30.3 Å². The zero-order chi connectivity index (χ0) is 20.7. The van der Waals surface area contributed by atoms with Crippen LogP contribution in [0.3, 0.4) is 0 Å². The number of carbonyl (C=O) groups excluding carboxylic acids is 1. The summed E-state index contributed by atoms with van der Waals surface area (Å²) < 4.78 is 0. The maximum atomic E-state index is 12.3. The van der Waals surface area contributed by atoms with Gasteiger partial charge in [-0.1, -0.05) is 32.9 Å². The fraction of sp³-hybridized carbons (Fsp3) is 0.273. The van der Waals surface area contributed by atoms with Crippen LogP contribution in [0.1, 0.15) is 36.7 Å². The van der Waals surface area contributed by atoms with Crippen molar-refractivity contribution >= 4 is 23.2 Å². The number of amides is 1. The van der Waals surface area contributed by atoms with Crippen LogP contribution < -0.4 is 16.0 Å². The van der Waals surface area contributed by atoms with Crippen LogP contribution in [0.4, 0.5) is 17.3 Å². The third-order valence-corrected chi connectivity index (χ3v) is 4.35. The van der Waals surface area contributed by atoms with Gasteiger partial charge in [-0.3, -0.25) is 9.78 Å². The summed E-state index contributed by atoms with van der Waals surface area (Å²) in [5, 5.41) is 17.5. The summed E-state index contributed by atoms with van der Waals surface area (Å²) in [4.78, 5) is 16.2. The highest BCUT2D eigenvalue weighted by Crippen LogP contribution is 2.22. The third kappa shape index (κ3) is 6.00. The first-order valence-corrected chi connectivity index (χ1v) is 9.55. The lowest BCUT2D eigenvalue weighted by atomic mass is 9.87. The van der Waals surface area contributed by atoms with Crippen molar-refractivity contribution in [1.29, 1.82) is 0 Å². The Morgan fingerprint density at radius 2 is 1.52 bits per heavy atom. The third-order valence-electron chi connectivity index (χ3n) is 4.35. The van der Waals surface area contributed by atoms with E-state index >= 15 is 0 Å². The van der Waals surface area contributed by atoms with Crippen molar-refractivity contribution in [2.75, 3.05) is 23.7 Å². The number of aromatic nitrogens is 3. The van der Waals surface area contributed by atoms with E-state index in [1.165, 1.54) is 5.56 Å². The molecule has 0 aliphatic carbocycles. The lowest BCUT2D eigenvalue weighted by Crippen LogP contribution is -2.29. The Bertz CT molecular complexity index is 918. The summed E-state index contributed by atoms with van der Waals surface area (Å²) in [5.74, 6) is 1.21. The van der Waals surface area contributed by atoms with Crippen LogP contribution in [0, 0.1) is 0 Å². The van der Waals surface area contributed by atoms with Gasteiger partial charge in [0.05, 0.1) is 0 Å². The fourth-order valence-electron chi connectivity index (χ4n) is 2.67. The molecule has 2 aromatic heterocycles. The molecule has 0 saturated heterocycles. The molecule has 29 heavy (non-hydrogen) atoms. The van der Waals surface area contributed by atoms with Gasteiger partial charge in [-0.2, -0.15) is 0 Å². The Morgan fingerprint density at radius 1 is 0.862 bits per heavy atom. The van der Waals surface area contributed by atoms with E-state index in [0.717, 1.165) is 5.69 Å². The number of anilines is 3. The summed E-state index contributed by atoms with van der Waals surface area (Å²) in [7, 11) is 0. The monoisotopic (exact) mass is 390 g/mol. The minimum Gasteiger partial charge on any atom is -0.367 e. The minimum atomic E-state index is -0.0877. The number of rotatable bonds is 7. The quantitative estimate of drug-likeness (QED) is 0.532. The van der Waals surface area contributed by atoms with Crippen molar-refractivity contribution in [1.82, 2.24) is 20.5 Å². The molecule has 0 aliphatic rings. The molecule has 0 unspecified atom stereocenters. The van der Waals surface area contributed by atoms with Crippen molar-refractivity contribution in [2.24, 2.45) is 0 Å². The SMILES string of the molecule is CC(C)(C)c1ccc(C(=O)NCCNc2ccc(Nc3ccncc3)nn2)cc1. The van der Waals surface area contributed by atoms with Gasteiger partial charge in [0.2, 0.25) is 0 Å². The Kier molecular flexibility index (Phi) is 6.39. The molecule has 3 aromatic rings. The Labute approximate surface area is 171 Å². The molecule has 0 bridgehead atoms. The lowest BCUT2D eigenvalue weighted by Gasteiger charge is -2.19. The van der Waals surface area contributed by atoms with Crippen LogP contribution in [0.15, 0.2) is 60.9 Å². The molecule has 3 rings (SSSR count). The second-order valence-electron chi connectivity index (χ2n) is 7.67. The molecule has 0 saturated carbocycles. The first-order valence-electron chi connectivity index (χ1n) is 9.55. The van der Waals surface area contributed by atoms with Crippen molar-refractivity contribution in [3.05, 3.63) is 72.1 Å². The smallest absolute Gasteiger partial charge is 0.251 e. The number of nitrogens with zero attached hydrogens (tertiary/aromatic N) is 3. The van der Waals surface area contributed by atoms with Gasteiger partial charge in [0, 0.05) is 36.7 Å². The van der Waals surface area contributed by atoms with E-state index in [-0.39, 0.29) is 11.3 Å². The number of pyridine rings is 1. The van der Waals surface area contributed by atoms with Crippen molar-refractivity contribution in [2.45, 2.75) is 26.2 Å². The van der Waals surface area contributed by atoms with E-state index in [1.807, 2.05) is 48.5 Å². The maximum Gasteiger partial charge on any atom is 0.251 e. The van der Waals surface area contributed by atoms with Gasteiger partial charge in [0.1, 0.15) is 5.82 Å². The van der Waals surface area contributed by atoms with Crippen LogP contribution >= 0.6 is 0 Å². The lowest BCUT2D eigenvalue weighted by molar-refractivity contribution is 0.0955. The summed E-state index contributed by atoms with van der Waals surface area (Å²) in [6, 6.07) is 15.1. The Hall–Kier alpha value is -3.48. The standard InChI is InChI=1S/C22H26N6O/c1-22(2,3)17-6-4-16(5-7-17)21(29)25-15-14-24-19-8-9-20(28-27-19)26-18-10-12-23-13-11-18/h4-13H,14-15H2,1-3H3,(H,24,27)(H,25,29)(H,23,26,28). The topological polar surface area (TPSA) is 91.8 Å². The Balaban J connectivity index is 1.42. The zero-order valence-electron chi connectivity index (χ0n) is 16.9. The first kappa shape index (κ1) is 20.3. The van der Waals surface area contributed by atoms with Crippen LogP contribution in [0.25, 0.3) is 0 Å². The molecule has 1 aromatic carbocycles. The van der Waals surface area contributed by atoms with Gasteiger partial charge in [0.25, 0.3) is 5.91 Å². The fourth-order valence-corrected chi connectivity index (χ4v) is 2.67. The van der Waals surface area contributed by atoms with E-state index in [4.69, 9.17) is 0 Å². The van der Waals surface area contributed by atoms with E-state index in [1.54, 1.807) is 12.4 Å². The number of carbonyl (C=O) groups is 1. The molecule has 7 heteroatoms. The summed E-state index contributed by atoms with van der Waals surface area (Å²) in [6.07, 6.45) is 3.41. The predicted octanol–water partition coefficient (Wildman–Crippen LogP) is 3.75. The van der Waals surface area contributed by atoms with Gasteiger partial charge >= 0.3 is 0 Å². The van der Waals surface area contributed by atoms with E-state index in [9.17, 15) is 4.79 Å². The van der Waals surface area contributed by atoms with E-state index in [2.05, 4.69) is 51.9 Å². The maximum absolute atomic E-state index is 12.3. The van der Waals surface area contributed by atoms with Gasteiger partial charge in [0.15, 0.2) is 5.82 Å². The molecule has 150 valence electrons. The van der Waals surface area contributed by atoms with Gasteiger partial charge in [-0.25, -0.2) is 0 Å².